The fourth-order valence-electron chi connectivity index (χ4n) is 2.59. The Morgan fingerprint density at radius 3 is 2.57 bits per heavy atom. The number of benzene rings is 1. The van der Waals surface area contributed by atoms with E-state index in [1.165, 1.54) is 6.92 Å². The lowest BCUT2D eigenvalue weighted by atomic mass is 10.1. The molecule has 0 atom stereocenters. The van der Waals surface area contributed by atoms with Crippen molar-refractivity contribution in [1.82, 2.24) is 5.32 Å². The van der Waals surface area contributed by atoms with Crippen molar-refractivity contribution in [3.8, 4) is 0 Å². The van der Waals surface area contributed by atoms with Crippen molar-refractivity contribution in [2.24, 2.45) is 5.92 Å². The van der Waals surface area contributed by atoms with E-state index in [1.54, 1.807) is 0 Å². The molecule has 7 heteroatoms. The van der Waals surface area contributed by atoms with Crippen LogP contribution in [-0.4, -0.2) is 20.9 Å². The fraction of sp³-hybridized carbons (Fsp3) is 0.500. The Morgan fingerprint density at radius 2 is 2.00 bits per heavy atom. The second-order valence-corrected chi connectivity index (χ2v) is 7.97. The van der Waals surface area contributed by atoms with Gasteiger partial charge in [-0.1, -0.05) is 12.8 Å². The van der Waals surface area contributed by atoms with Crippen LogP contribution in [0.25, 0.3) is 0 Å². The summed E-state index contributed by atoms with van der Waals surface area (Å²) in [7, 11) is 1.26. The topological polar surface area (TPSA) is 63.2 Å². The standard InChI is InChI=1S/C14H17ClFNO3S/c1-9-6-11(21(15,19)20)7-12(13(9)16)14(18)17-8-10-4-2-3-5-10/h6-7,10H,2-5,8H2,1H3,(H,17,18). The van der Waals surface area contributed by atoms with Crippen molar-refractivity contribution in [2.75, 3.05) is 6.54 Å². The Bertz CT molecular complexity index is 654. The van der Waals surface area contributed by atoms with Crippen molar-refractivity contribution < 1.29 is 17.6 Å². The lowest BCUT2D eigenvalue weighted by molar-refractivity contribution is 0.0943. The summed E-state index contributed by atoms with van der Waals surface area (Å²) in [5.41, 5.74) is -0.213. The zero-order chi connectivity index (χ0) is 15.6. The fourth-order valence-corrected chi connectivity index (χ4v) is 3.43. The predicted octanol–water partition coefficient (Wildman–Crippen LogP) is 2.98. The van der Waals surface area contributed by atoms with E-state index in [-0.39, 0.29) is 16.0 Å². The number of amides is 1. The van der Waals surface area contributed by atoms with Gasteiger partial charge in [0, 0.05) is 17.2 Å². The third-order valence-corrected chi connectivity index (χ3v) is 5.11. The van der Waals surface area contributed by atoms with Crippen LogP contribution in [0.5, 0.6) is 0 Å². The van der Waals surface area contributed by atoms with Gasteiger partial charge in [0.15, 0.2) is 0 Å². The molecule has 1 fully saturated rings. The summed E-state index contributed by atoms with van der Waals surface area (Å²) in [6.45, 7) is 1.88. The van der Waals surface area contributed by atoms with Crippen LogP contribution in [0.2, 0.25) is 0 Å². The van der Waals surface area contributed by atoms with E-state index in [2.05, 4.69) is 5.32 Å². The molecule has 0 aliphatic heterocycles. The van der Waals surface area contributed by atoms with Gasteiger partial charge >= 0.3 is 0 Å². The molecule has 1 aromatic carbocycles. The molecule has 0 aromatic heterocycles. The van der Waals surface area contributed by atoms with Gasteiger partial charge < -0.3 is 5.32 Å². The monoisotopic (exact) mass is 333 g/mol. The van der Waals surface area contributed by atoms with E-state index in [0.29, 0.717) is 12.5 Å². The molecule has 1 aliphatic carbocycles. The zero-order valence-electron chi connectivity index (χ0n) is 11.7. The first-order valence-electron chi connectivity index (χ1n) is 6.82. The van der Waals surface area contributed by atoms with E-state index >= 15 is 0 Å². The number of carbonyl (C=O) groups is 1. The number of nitrogens with one attached hydrogen (secondary N) is 1. The van der Waals surface area contributed by atoms with Gasteiger partial charge in [-0.05, 0) is 43.4 Å². The van der Waals surface area contributed by atoms with Crippen LogP contribution in [0.3, 0.4) is 0 Å². The molecule has 1 aromatic rings. The lowest BCUT2D eigenvalue weighted by Crippen LogP contribution is -2.29. The summed E-state index contributed by atoms with van der Waals surface area (Å²) in [5.74, 6) is -0.911. The lowest BCUT2D eigenvalue weighted by Gasteiger charge is -2.12. The summed E-state index contributed by atoms with van der Waals surface area (Å²) in [6.07, 6.45) is 4.40. The van der Waals surface area contributed by atoms with Gasteiger partial charge in [-0.3, -0.25) is 4.79 Å². The first-order valence-corrected chi connectivity index (χ1v) is 9.13. The highest BCUT2D eigenvalue weighted by atomic mass is 35.7. The van der Waals surface area contributed by atoms with Crippen molar-refractivity contribution in [3.05, 3.63) is 29.1 Å². The van der Waals surface area contributed by atoms with Crippen LogP contribution in [0.4, 0.5) is 4.39 Å². The molecule has 1 N–H and O–H groups in total. The summed E-state index contributed by atoms with van der Waals surface area (Å²) in [6, 6.07) is 2.10. The van der Waals surface area contributed by atoms with Gasteiger partial charge in [0.1, 0.15) is 5.82 Å². The van der Waals surface area contributed by atoms with Gasteiger partial charge in [0.2, 0.25) is 0 Å². The van der Waals surface area contributed by atoms with Crippen molar-refractivity contribution >= 4 is 25.6 Å². The molecule has 2 rings (SSSR count). The molecule has 21 heavy (non-hydrogen) atoms. The molecule has 0 bridgehead atoms. The first-order chi connectivity index (χ1) is 9.79. The van der Waals surface area contributed by atoms with Gasteiger partial charge in [-0.15, -0.1) is 0 Å². The molecule has 0 unspecified atom stereocenters. The number of hydrogen-bond acceptors (Lipinski definition) is 3. The number of aryl methyl sites for hydroxylation is 1. The number of halogens is 2. The summed E-state index contributed by atoms with van der Waals surface area (Å²) < 4.78 is 36.7. The summed E-state index contributed by atoms with van der Waals surface area (Å²) >= 11 is 0. The molecule has 1 saturated carbocycles. The summed E-state index contributed by atoms with van der Waals surface area (Å²) in [4.78, 5) is 11.8. The van der Waals surface area contributed by atoms with Crippen LogP contribution in [0.1, 0.15) is 41.6 Å². The maximum absolute atomic E-state index is 14.0. The highest BCUT2D eigenvalue weighted by Crippen LogP contribution is 2.25. The van der Waals surface area contributed by atoms with Crippen molar-refractivity contribution in [2.45, 2.75) is 37.5 Å². The molecule has 0 radical (unpaired) electrons. The molecule has 1 amide bonds. The second kappa shape index (κ2) is 6.32. The average Bonchev–Trinajstić information content (AvgIpc) is 2.91. The van der Waals surface area contributed by atoms with Crippen LogP contribution in [-0.2, 0) is 9.05 Å². The largest absolute Gasteiger partial charge is 0.352 e. The van der Waals surface area contributed by atoms with E-state index in [4.69, 9.17) is 10.7 Å². The number of hydrogen-bond donors (Lipinski definition) is 1. The molecule has 1 aliphatic rings. The Hall–Kier alpha value is -1.14. The van der Waals surface area contributed by atoms with Gasteiger partial charge in [-0.2, -0.15) is 0 Å². The second-order valence-electron chi connectivity index (χ2n) is 5.40. The molecule has 116 valence electrons. The SMILES string of the molecule is Cc1cc(S(=O)(=O)Cl)cc(C(=O)NCC2CCCC2)c1F. The summed E-state index contributed by atoms with van der Waals surface area (Å²) in [5, 5.41) is 2.67. The van der Waals surface area contributed by atoms with Gasteiger partial charge in [-0.25, -0.2) is 12.8 Å². The third kappa shape index (κ3) is 3.95. The molecule has 0 heterocycles. The number of carbonyl (C=O) groups excluding carboxylic acids is 1. The Balaban J connectivity index is 2.21. The van der Waals surface area contributed by atoms with E-state index in [9.17, 15) is 17.6 Å². The first kappa shape index (κ1) is 16.2. The smallest absolute Gasteiger partial charge is 0.261 e. The number of rotatable bonds is 4. The minimum Gasteiger partial charge on any atom is -0.352 e. The zero-order valence-corrected chi connectivity index (χ0v) is 13.2. The molecular weight excluding hydrogens is 317 g/mol. The van der Waals surface area contributed by atoms with Crippen LogP contribution in [0.15, 0.2) is 17.0 Å². The quantitative estimate of drug-likeness (QED) is 0.861. The molecular formula is C14H17ClFNO3S. The Labute approximate surface area is 128 Å². The Morgan fingerprint density at radius 1 is 1.38 bits per heavy atom. The maximum atomic E-state index is 14.0. The van der Waals surface area contributed by atoms with Crippen LogP contribution in [0, 0.1) is 18.7 Å². The highest BCUT2D eigenvalue weighted by molar-refractivity contribution is 8.13. The van der Waals surface area contributed by atoms with Gasteiger partial charge in [0.05, 0.1) is 10.5 Å². The van der Waals surface area contributed by atoms with Crippen LogP contribution >= 0.6 is 10.7 Å². The molecule has 0 saturated heterocycles. The van der Waals surface area contributed by atoms with E-state index in [1.807, 2.05) is 0 Å². The third-order valence-electron chi connectivity index (χ3n) is 3.78. The van der Waals surface area contributed by atoms with E-state index in [0.717, 1.165) is 37.8 Å². The minimum absolute atomic E-state index is 0.0720. The predicted molar refractivity (Wildman–Crippen MR) is 78.5 cm³/mol. The van der Waals surface area contributed by atoms with Crippen molar-refractivity contribution in [3.63, 3.8) is 0 Å². The average molecular weight is 334 g/mol. The highest BCUT2D eigenvalue weighted by Gasteiger charge is 2.21. The normalized spacial score (nSPS) is 16.1. The van der Waals surface area contributed by atoms with Crippen LogP contribution < -0.4 is 5.32 Å². The molecule has 4 nitrogen and oxygen atoms in total. The van der Waals surface area contributed by atoms with Gasteiger partial charge in [0.25, 0.3) is 15.0 Å². The van der Waals surface area contributed by atoms with E-state index < -0.39 is 20.8 Å². The Kier molecular flexibility index (Phi) is 4.88. The van der Waals surface area contributed by atoms with Crippen molar-refractivity contribution in [1.29, 1.82) is 0 Å². The minimum atomic E-state index is -4.00. The maximum Gasteiger partial charge on any atom is 0.261 e. The molecule has 0 spiro atoms.